The number of hydrogen-bond donors (Lipinski definition) is 0. The summed E-state index contributed by atoms with van der Waals surface area (Å²) in [5.41, 5.74) is 1.88. The first-order chi connectivity index (χ1) is 4.88. The zero-order chi connectivity index (χ0) is 6.97. The van der Waals surface area contributed by atoms with E-state index >= 15 is 0 Å². The van der Waals surface area contributed by atoms with Crippen molar-refractivity contribution in [1.29, 1.82) is 0 Å². The average molecular weight is 130 g/mol. The summed E-state index contributed by atoms with van der Waals surface area (Å²) in [5.74, 6) is 0. The second kappa shape index (κ2) is 1.87. The lowest BCUT2D eigenvalue weighted by atomic mass is 10.2. The van der Waals surface area contributed by atoms with E-state index in [1.165, 1.54) is 0 Å². The maximum Gasteiger partial charge on any atom is 0.173 e. The highest BCUT2D eigenvalue weighted by Crippen LogP contribution is 2.17. The van der Waals surface area contributed by atoms with Gasteiger partial charge in [0.05, 0.1) is 0 Å². The van der Waals surface area contributed by atoms with Gasteiger partial charge in [0.1, 0.15) is 5.58 Å². The summed E-state index contributed by atoms with van der Waals surface area (Å²) in [6.45, 7) is 1.96. The highest BCUT2D eigenvalue weighted by molar-refractivity contribution is 5.79. The van der Waals surface area contributed by atoms with E-state index in [2.05, 4.69) is 12.3 Å². The molecule has 0 N–H and O–H groups in total. The zero-order valence-electron chi connectivity index (χ0n) is 5.64. The van der Waals surface area contributed by atoms with Gasteiger partial charge in [0.15, 0.2) is 6.26 Å². The molecule has 1 heteroatoms. The van der Waals surface area contributed by atoms with E-state index in [0.29, 0.717) is 0 Å². The molecule has 0 amide bonds. The van der Waals surface area contributed by atoms with Crippen molar-refractivity contribution in [1.82, 2.24) is 0 Å². The topological polar surface area (TPSA) is 13.1 Å². The molecule has 1 nitrogen and oxygen atoms in total. The molecule has 2 aromatic rings. The van der Waals surface area contributed by atoms with Crippen LogP contribution in [0.1, 0.15) is 5.56 Å². The Morgan fingerprint density at radius 3 is 3.20 bits per heavy atom. The van der Waals surface area contributed by atoms with Gasteiger partial charge in [-0.3, -0.25) is 0 Å². The van der Waals surface area contributed by atoms with Gasteiger partial charge < -0.3 is 4.42 Å². The van der Waals surface area contributed by atoms with Crippen LogP contribution in [-0.4, -0.2) is 0 Å². The van der Waals surface area contributed by atoms with Crippen molar-refractivity contribution in [3.8, 4) is 0 Å². The molecule has 0 saturated carbocycles. The molecule has 0 aliphatic heterocycles. The van der Waals surface area contributed by atoms with Gasteiger partial charge in [-0.05, 0) is 19.1 Å². The Morgan fingerprint density at radius 2 is 2.40 bits per heavy atom. The molecule has 0 unspecified atom stereocenters. The molecule has 1 aromatic heterocycles. The third kappa shape index (κ3) is 0.637. The second-order valence-electron chi connectivity index (χ2n) is 2.24. The van der Waals surface area contributed by atoms with Crippen molar-refractivity contribution in [2.75, 3.05) is 0 Å². The SMILES string of the molecule is Cc1[c]oc2ccc[c]c12. The van der Waals surface area contributed by atoms with Gasteiger partial charge in [-0.1, -0.05) is 12.1 Å². The van der Waals surface area contributed by atoms with Crippen LogP contribution in [0, 0.1) is 19.3 Å². The maximum absolute atomic E-state index is 5.09. The molecule has 1 heterocycles. The van der Waals surface area contributed by atoms with Crippen molar-refractivity contribution in [3.63, 3.8) is 0 Å². The maximum atomic E-state index is 5.09. The van der Waals surface area contributed by atoms with E-state index in [1.807, 2.05) is 25.1 Å². The van der Waals surface area contributed by atoms with Crippen LogP contribution in [0.5, 0.6) is 0 Å². The lowest BCUT2D eigenvalue weighted by Crippen LogP contribution is -1.65. The molecule has 2 radical (unpaired) electrons. The predicted molar refractivity (Wildman–Crippen MR) is 38.6 cm³/mol. The van der Waals surface area contributed by atoms with Gasteiger partial charge in [-0.2, -0.15) is 0 Å². The summed E-state index contributed by atoms with van der Waals surface area (Å²) in [4.78, 5) is 0. The minimum Gasteiger partial charge on any atom is -0.452 e. The molecule has 0 bridgehead atoms. The summed E-state index contributed by atoms with van der Waals surface area (Å²) >= 11 is 0. The molecule has 48 valence electrons. The van der Waals surface area contributed by atoms with E-state index in [1.54, 1.807) is 0 Å². The lowest BCUT2D eigenvalue weighted by molar-refractivity contribution is 0.603. The minimum absolute atomic E-state index is 0.861. The molecular weight excluding hydrogens is 124 g/mol. The summed E-state index contributed by atoms with van der Waals surface area (Å²) in [5, 5.41) is 1.03. The Morgan fingerprint density at radius 1 is 1.50 bits per heavy atom. The van der Waals surface area contributed by atoms with Gasteiger partial charge in [-0.15, -0.1) is 0 Å². The smallest absolute Gasteiger partial charge is 0.173 e. The molecule has 2 rings (SSSR count). The number of hydrogen-bond acceptors (Lipinski definition) is 1. The summed E-state index contributed by atoms with van der Waals surface area (Å²) in [7, 11) is 0. The van der Waals surface area contributed by atoms with Gasteiger partial charge in [0.25, 0.3) is 0 Å². The van der Waals surface area contributed by atoms with Crippen molar-refractivity contribution >= 4 is 11.0 Å². The molecule has 0 fully saturated rings. The van der Waals surface area contributed by atoms with Crippen LogP contribution in [0.2, 0.25) is 0 Å². The van der Waals surface area contributed by atoms with Gasteiger partial charge in [-0.25, -0.2) is 0 Å². The third-order valence-corrected chi connectivity index (χ3v) is 1.51. The number of fused-ring (bicyclic) bond motifs is 1. The van der Waals surface area contributed by atoms with Crippen LogP contribution in [0.25, 0.3) is 11.0 Å². The van der Waals surface area contributed by atoms with Gasteiger partial charge >= 0.3 is 0 Å². The van der Waals surface area contributed by atoms with Gasteiger partial charge in [0.2, 0.25) is 0 Å². The number of furan rings is 1. The third-order valence-electron chi connectivity index (χ3n) is 1.51. The lowest BCUT2D eigenvalue weighted by Gasteiger charge is -1.83. The van der Waals surface area contributed by atoms with Crippen LogP contribution in [-0.2, 0) is 0 Å². The van der Waals surface area contributed by atoms with Crippen LogP contribution >= 0.6 is 0 Å². The fourth-order valence-corrected chi connectivity index (χ4v) is 0.982. The summed E-state index contributed by atoms with van der Waals surface area (Å²) in [6.07, 6.45) is 2.77. The summed E-state index contributed by atoms with van der Waals surface area (Å²) < 4.78 is 5.09. The Hall–Kier alpha value is -1.24. The number of benzene rings is 1. The largest absolute Gasteiger partial charge is 0.452 e. The predicted octanol–water partition coefficient (Wildman–Crippen LogP) is 2.34. The van der Waals surface area contributed by atoms with Crippen molar-refractivity contribution in [2.24, 2.45) is 0 Å². The van der Waals surface area contributed by atoms with E-state index in [0.717, 1.165) is 16.5 Å². The monoisotopic (exact) mass is 130 g/mol. The fraction of sp³-hybridized carbons (Fsp3) is 0.111. The van der Waals surface area contributed by atoms with Crippen LogP contribution < -0.4 is 0 Å². The Balaban J connectivity index is 2.93. The van der Waals surface area contributed by atoms with Gasteiger partial charge in [0, 0.05) is 10.9 Å². The molecule has 0 aliphatic carbocycles. The molecule has 0 spiro atoms. The quantitative estimate of drug-likeness (QED) is 0.533. The first-order valence-electron chi connectivity index (χ1n) is 3.15. The molecule has 0 atom stereocenters. The molecule has 0 aliphatic rings. The normalized spacial score (nSPS) is 10.5. The number of aryl methyl sites for hydroxylation is 1. The first-order valence-corrected chi connectivity index (χ1v) is 3.15. The van der Waals surface area contributed by atoms with Crippen LogP contribution in [0.15, 0.2) is 22.6 Å². The average Bonchev–Trinajstić information content (AvgIpc) is 2.34. The molecule has 1 aromatic carbocycles. The van der Waals surface area contributed by atoms with Crippen molar-refractivity contribution in [3.05, 3.63) is 36.1 Å². The van der Waals surface area contributed by atoms with Crippen molar-refractivity contribution < 1.29 is 4.42 Å². The molecule has 0 saturated heterocycles. The highest BCUT2D eigenvalue weighted by Gasteiger charge is 1.98. The standard InChI is InChI=1S/C9H6O/c1-7-6-10-9-5-3-2-4-8(7)9/h2-3,5H,1H3. The molecule has 10 heavy (non-hydrogen) atoms. The van der Waals surface area contributed by atoms with Crippen molar-refractivity contribution in [2.45, 2.75) is 6.92 Å². The van der Waals surface area contributed by atoms with Crippen LogP contribution in [0.4, 0.5) is 0 Å². The fourth-order valence-electron chi connectivity index (χ4n) is 0.982. The Bertz CT molecular complexity index is 346. The molecular formula is C9H6O. The second-order valence-corrected chi connectivity index (χ2v) is 2.24. The summed E-state index contributed by atoms with van der Waals surface area (Å²) in [6, 6.07) is 8.76. The van der Waals surface area contributed by atoms with E-state index in [9.17, 15) is 0 Å². The minimum atomic E-state index is 0.861. The Kier molecular flexibility index (Phi) is 1.04. The number of rotatable bonds is 0. The first kappa shape index (κ1) is 5.54. The van der Waals surface area contributed by atoms with Crippen LogP contribution in [0.3, 0.4) is 0 Å². The highest BCUT2D eigenvalue weighted by atomic mass is 16.3. The van der Waals surface area contributed by atoms with E-state index in [-0.39, 0.29) is 0 Å². The van der Waals surface area contributed by atoms with E-state index in [4.69, 9.17) is 4.42 Å². The van der Waals surface area contributed by atoms with E-state index < -0.39 is 0 Å². The Labute approximate surface area is 59.3 Å². The zero-order valence-corrected chi connectivity index (χ0v) is 5.64.